The molecule has 1 heterocycles. The molecule has 0 saturated heterocycles. The molecule has 1 aromatic heterocycles. The van der Waals surface area contributed by atoms with Gasteiger partial charge in [0.2, 0.25) is 0 Å². The molecule has 27 heavy (non-hydrogen) atoms. The van der Waals surface area contributed by atoms with Crippen LogP contribution in [0, 0.1) is 0 Å². The number of nitrogens with zero attached hydrogens (tertiary/aromatic N) is 3. The van der Waals surface area contributed by atoms with E-state index in [1.807, 2.05) is 0 Å². The Bertz CT molecular complexity index is 959. The van der Waals surface area contributed by atoms with Crippen molar-refractivity contribution in [2.45, 2.75) is 13.0 Å². The number of carbonyl (C=O) groups excluding carboxylic acids is 2. The van der Waals surface area contributed by atoms with Gasteiger partial charge in [0.1, 0.15) is 12.7 Å². The van der Waals surface area contributed by atoms with Crippen LogP contribution < -0.4 is 5.32 Å². The quantitative estimate of drug-likeness (QED) is 0.654. The van der Waals surface area contributed by atoms with Crippen LogP contribution in [-0.4, -0.2) is 32.7 Å². The minimum absolute atomic E-state index is 0.305. The standard InChI is InChI=1S/C18H14Cl2N4O3/c1-11(17(25)23-16-8-13(19)4-7-15(16)20)27-18(26)12-2-5-14(6-3-12)24-10-21-9-22-24/h2-11H,1H3,(H,23,25)/t11-/m1/s1. The minimum Gasteiger partial charge on any atom is -0.449 e. The summed E-state index contributed by atoms with van der Waals surface area (Å²) in [5.74, 6) is -1.15. The Labute approximate surface area is 164 Å². The van der Waals surface area contributed by atoms with Gasteiger partial charge in [-0.3, -0.25) is 4.79 Å². The van der Waals surface area contributed by atoms with Crippen LogP contribution in [0.25, 0.3) is 5.69 Å². The predicted octanol–water partition coefficient (Wildman–Crippen LogP) is 3.76. The van der Waals surface area contributed by atoms with E-state index in [9.17, 15) is 9.59 Å². The molecule has 3 rings (SSSR count). The lowest BCUT2D eigenvalue weighted by molar-refractivity contribution is -0.123. The highest BCUT2D eigenvalue weighted by molar-refractivity contribution is 6.35. The summed E-state index contributed by atoms with van der Waals surface area (Å²) in [7, 11) is 0. The maximum atomic E-state index is 12.2. The molecule has 1 amide bonds. The van der Waals surface area contributed by atoms with Gasteiger partial charge in [0.15, 0.2) is 6.10 Å². The van der Waals surface area contributed by atoms with Crippen LogP contribution in [0.1, 0.15) is 17.3 Å². The fourth-order valence-corrected chi connectivity index (χ4v) is 2.54. The molecular weight excluding hydrogens is 391 g/mol. The molecule has 0 spiro atoms. The number of halogens is 2. The van der Waals surface area contributed by atoms with Gasteiger partial charge in [-0.05, 0) is 49.4 Å². The van der Waals surface area contributed by atoms with Crippen molar-refractivity contribution in [3.05, 3.63) is 70.7 Å². The number of benzene rings is 2. The Morgan fingerprint density at radius 3 is 2.56 bits per heavy atom. The number of nitrogens with one attached hydrogen (secondary N) is 1. The van der Waals surface area contributed by atoms with Crippen molar-refractivity contribution >= 4 is 40.8 Å². The van der Waals surface area contributed by atoms with Gasteiger partial charge in [0, 0.05) is 5.02 Å². The maximum absolute atomic E-state index is 12.2. The van der Waals surface area contributed by atoms with Gasteiger partial charge < -0.3 is 10.1 Å². The second kappa shape index (κ2) is 8.20. The van der Waals surface area contributed by atoms with Gasteiger partial charge in [-0.2, -0.15) is 5.10 Å². The summed E-state index contributed by atoms with van der Waals surface area (Å²) in [6, 6.07) is 11.2. The molecule has 7 nitrogen and oxygen atoms in total. The molecule has 9 heteroatoms. The first-order chi connectivity index (χ1) is 12.9. The highest BCUT2D eigenvalue weighted by Gasteiger charge is 2.20. The lowest BCUT2D eigenvalue weighted by Crippen LogP contribution is -2.30. The molecular formula is C18H14Cl2N4O3. The first-order valence-corrected chi connectivity index (χ1v) is 8.61. The molecule has 1 atom stereocenters. The third-order valence-corrected chi connectivity index (χ3v) is 4.19. The molecule has 0 unspecified atom stereocenters. The van der Waals surface area contributed by atoms with Gasteiger partial charge in [-0.1, -0.05) is 23.2 Å². The van der Waals surface area contributed by atoms with Crippen LogP contribution in [-0.2, 0) is 9.53 Å². The minimum atomic E-state index is -1.03. The lowest BCUT2D eigenvalue weighted by atomic mass is 10.2. The molecule has 0 aliphatic heterocycles. The average Bonchev–Trinajstić information content (AvgIpc) is 3.19. The summed E-state index contributed by atoms with van der Waals surface area (Å²) in [5.41, 5.74) is 1.39. The first-order valence-electron chi connectivity index (χ1n) is 7.86. The second-order valence-electron chi connectivity index (χ2n) is 5.55. The number of ether oxygens (including phenoxy) is 1. The van der Waals surface area contributed by atoms with E-state index in [1.165, 1.54) is 19.3 Å². The van der Waals surface area contributed by atoms with Crippen molar-refractivity contribution < 1.29 is 14.3 Å². The van der Waals surface area contributed by atoms with E-state index in [4.69, 9.17) is 27.9 Å². The SMILES string of the molecule is C[C@@H](OC(=O)c1ccc(-n2cncn2)cc1)C(=O)Nc1cc(Cl)ccc1Cl. The summed E-state index contributed by atoms with van der Waals surface area (Å²) < 4.78 is 6.76. The number of amides is 1. The van der Waals surface area contributed by atoms with Crippen LogP contribution in [0.15, 0.2) is 55.1 Å². The van der Waals surface area contributed by atoms with E-state index in [-0.39, 0.29) is 0 Å². The summed E-state index contributed by atoms with van der Waals surface area (Å²) in [5, 5.41) is 7.34. The predicted molar refractivity (Wildman–Crippen MR) is 101 cm³/mol. The van der Waals surface area contributed by atoms with Crippen molar-refractivity contribution in [2.24, 2.45) is 0 Å². The highest BCUT2D eigenvalue weighted by Crippen LogP contribution is 2.25. The van der Waals surface area contributed by atoms with Gasteiger partial charge >= 0.3 is 5.97 Å². The maximum Gasteiger partial charge on any atom is 0.338 e. The summed E-state index contributed by atoms with van der Waals surface area (Å²) in [4.78, 5) is 28.3. The molecule has 0 saturated carbocycles. The smallest absolute Gasteiger partial charge is 0.338 e. The number of anilines is 1. The molecule has 0 radical (unpaired) electrons. The summed E-state index contributed by atoms with van der Waals surface area (Å²) in [6.07, 6.45) is 1.93. The largest absolute Gasteiger partial charge is 0.449 e. The zero-order valence-electron chi connectivity index (χ0n) is 14.1. The van der Waals surface area contributed by atoms with Crippen LogP contribution in [0.2, 0.25) is 10.0 Å². The Hall–Kier alpha value is -2.90. The monoisotopic (exact) mass is 404 g/mol. The molecule has 3 aromatic rings. The van der Waals surface area contributed by atoms with Gasteiger partial charge in [-0.15, -0.1) is 0 Å². The molecule has 2 aromatic carbocycles. The number of esters is 1. The van der Waals surface area contributed by atoms with Crippen LogP contribution in [0.5, 0.6) is 0 Å². The van der Waals surface area contributed by atoms with Crippen molar-refractivity contribution in [3.8, 4) is 5.69 Å². The van der Waals surface area contributed by atoms with E-state index < -0.39 is 18.0 Å². The molecule has 0 aliphatic rings. The average molecular weight is 405 g/mol. The first kappa shape index (κ1) is 18.9. The number of rotatable bonds is 5. The Kier molecular flexibility index (Phi) is 5.73. The van der Waals surface area contributed by atoms with Crippen LogP contribution in [0.4, 0.5) is 5.69 Å². The van der Waals surface area contributed by atoms with Crippen LogP contribution >= 0.6 is 23.2 Å². The van der Waals surface area contributed by atoms with Crippen molar-refractivity contribution in [1.82, 2.24) is 14.8 Å². The van der Waals surface area contributed by atoms with Gasteiger partial charge in [0.25, 0.3) is 5.91 Å². The van der Waals surface area contributed by atoms with E-state index >= 15 is 0 Å². The van der Waals surface area contributed by atoms with Crippen molar-refractivity contribution in [1.29, 1.82) is 0 Å². The molecule has 0 fully saturated rings. The number of carbonyl (C=O) groups is 2. The van der Waals surface area contributed by atoms with E-state index in [0.717, 1.165) is 5.69 Å². The number of hydrogen-bond acceptors (Lipinski definition) is 5. The topological polar surface area (TPSA) is 86.1 Å². The summed E-state index contributed by atoms with van der Waals surface area (Å²) >= 11 is 11.9. The zero-order valence-corrected chi connectivity index (χ0v) is 15.6. The van der Waals surface area contributed by atoms with E-state index in [2.05, 4.69) is 15.4 Å². The van der Waals surface area contributed by atoms with E-state index in [0.29, 0.717) is 21.3 Å². The summed E-state index contributed by atoms with van der Waals surface area (Å²) in [6.45, 7) is 1.47. The van der Waals surface area contributed by atoms with Gasteiger partial charge in [0.05, 0.1) is 22.0 Å². The molecule has 1 N–H and O–H groups in total. The zero-order chi connectivity index (χ0) is 19.4. The third kappa shape index (κ3) is 4.64. The number of hydrogen-bond donors (Lipinski definition) is 1. The molecule has 138 valence electrons. The van der Waals surface area contributed by atoms with Crippen molar-refractivity contribution in [3.63, 3.8) is 0 Å². The van der Waals surface area contributed by atoms with E-state index in [1.54, 1.807) is 47.4 Å². The van der Waals surface area contributed by atoms with Gasteiger partial charge in [-0.25, -0.2) is 14.5 Å². The van der Waals surface area contributed by atoms with Crippen LogP contribution in [0.3, 0.4) is 0 Å². The van der Waals surface area contributed by atoms with Crippen molar-refractivity contribution in [2.75, 3.05) is 5.32 Å². The fraction of sp³-hybridized carbons (Fsp3) is 0.111. The Morgan fingerprint density at radius 1 is 1.15 bits per heavy atom. The lowest BCUT2D eigenvalue weighted by Gasteiger charge is -2.14. The second-order valence-corrected chi connectivity index (χ2v) is 6.39. The number of aromatic nitrogens is 3. The Balaban J connectivity index is 1.63. The molecule has 0 bridgehead atoms. The molecule has 0 aliphatic carbocycles. The fourth-order valence-electron chi connectivity index (χ4n) is 2.20. The third-order valence-electron chi connectivity index (χ3n) is 3.63. The highest BCUT2D eigenvalue weighted by atomic mass is 35.5. The normalized spacial score (nSPS) is 11.7. The Morgan fingerprint density at radius 2 is 1.89 bits per heavy atom.